The van der Waals surface area contributed by atoms with Crippen molar-refractivity contribution in [3.63, 3.8) is 0 Å². The molecular formula is C18H17N5O2. The summed E-state index contributed by atoms with van der Waals surface area (Å²) < 4.78 is 5.36. The number of fused-ring (bicyclic) bond motifs is 1. The second-order valence-corrected chi connectivity index (χ2v) is 5.91. The third-order valence-electron chi connectivity index (χ3n) is 4.09. The third kappa shape index (κ3) is 3.08. The van der Waals surface area contributed by atoms with E-state index in [-0.39, 0.29) is 11.9 Å². The minimum absolute atomic E-state index is 0.0887. The van der Waals surface area contributed by atoms with Gasteiger partial charge in [0.15, 0.2) is 0 Å². The van der Waals surface area contributed by atoms with Crippen LogP contribution in [0.25, 0.3) is 11.4 Å². The van der Waals surface area contributed by atoms with Gasteiger partial charge in [0.2, 0.25) is 11.7 Å². The molecule has 0 fully saturated rings. The van der Waals surface area contributed by atoms with Crippen LogP contribution < -0.4 is 10.6 Å². The fraction of sp³-hybridized carbons (Fsp3) is 0.222. The van der Waals surface area contributed by atoms with E-state index in [1.807, 2.05) is 43.3 Å². The smallest absolute Gasteiger partial charge is 0.253 e. The zero-order chi connectivity index (χ0) is 17.2. The first kappa shape index (κ1) is 15.3. The van der Waals surface area contributed by atoms with Crippen LogP contribution in [0.15, 0.2) is 47.1 Å². The molecule has 1 aromatic carbocycles. The number of hydrogen-bond donors (Lipinski definition) is 2. The van der Waals surface area contributed by atoms with Crippen molar-refractivity contribution in [3.05, 3.63) is 59.7 Å². The summed E-state index contributed by atoms with van der Waals surface area (Å²) in [5.74, 6) is 0.933. The fourth-order valence-corrected chi connectivity index (χ4v) is 2.78. The Bertz CT molecular complexity index is 907. The van der Waals surface area contributed by atoms with E-state index in [1.54, 1.807) is 6.20 Å². The summed E-state index contributed by atoms with van der Waals surface area (Å²) in [5.41, 5.74) is 3.07. The number of nitrogens with zero attached hydrogens (tertiary/aromatic N) is 3. The van der Waals surface area contributed by atoms with Gasteiger partial charge in [-0.1, -0.05) is 35.5 Å². The molecule has 1 atom stereocenters. The number of benzene rings is 1. The standard InChI is InChI=1S/C18H17N5O2/c1-11(18-22-16(23-25-18)12-5-3-2-4-6-12)21-13-9-14-15(20-10-13)7-8-19-17(14)24/h2-6,9-11,21H,7-8H2,1H3,(H,19,24). The summed E-state index contributed by atoms with van der Waals surface area (Å²) in [6, 6.07) is 11.2. The van der Waals surface area contributed by atoms with Gasteiger partial charge >= 0.3 is 0 Å². The maximum absolute atomic E-state index is 11.9. The van der Waals surface area contributed by atoms with Crippen molar-refractivity contribution < 1.29 is 9.32 Å². The van der Waals surface area contributed by atoms with Gasteiger partial charge in [0.25, 0.3) is 5.91 Å². The quantitative estimate of drug-likeness (QED) is 0.761. The van der Waals surface area contributed by atoms with E-state index < -0.39 is 0 Å². The molecule has 0 bridgehead atoms. The molecule has 7 nitrogen and oxygen atoms in total. The lowest BCUT2D eigenvalue weighted by atomic mass is 10.1. The predicted molar refractivity (Wildman–Crippen MR) is 92.0 cm³/mol. The van der Waals surface area contributed by atoms with E-state index in [2.05, 4.69) is 25.8 Å². The van der Waals surface area contributed by atoms with Crippen LogP contribution in [0.3, 0.4) is 0 Å². The minimum atomic E-state index is -0.212. The van der Waals surface area contributed by atoms with Crippen molar-refractivity contribution in [3.8, 4) is 11.4 Å². The monoisotopic (exact) mass is 335 g/mol. The number of amides is 1. The highest BCUT2D eigenvalue weighted by Crippen LogP contribution is 2.23. The van der Waals surface area contributed by atoms with Crippen molar-refractivity contribution in [2.45, 2.75) is 19.4 Å². The second kappa shape index (κ2) is 6.35. The van der Waals surface area contributed by atoms with Crippen LogP contribution in [0.1, 0.15) is 34.9 Å². The molecular weight excluding hydrogens is 318 g/mol. The van der Waals surface area contributed by atoms with Gasteiger partial charge < -0.3 is 15.2 Å². The van der Waals surface area contributed by atoms with Crippen LogP contribution in [0.4, 0.5) is 5.69 Å². The molecule has 4 rings (SSSR count). The summed E-state index contributed by atoms with van der Waals surface area (Å²) in [5, 5.41) is 10.1. The largest absolute Gasteiger partial charge is 0.373 e. The minimum Gasteiger partial charge on any atom is -0.373 e. The number of hydrogen-bond acceptors (Lipinski definition) is 6. The summed E-state index contributed by atoms with van der Waals surface area (Å²) in [7, 11) is 0. The highest BCUT2D eigenvalue weighted by Gasteiger charge is 2.20. The molecule has 1 unspecified atom stereocenters. The SMILES string of the molecule is CC(Nc1cnc2c(c1)C(=O)NCC2)c1nc(-c2ccccc2)no1. The Hall–Kier alpha value is -3.22. The van der Waals surface area contributed by atoms with Gasteiger partial charge in [-0.3, -0.25) is 9.78 Å². The van der Waals surface area contributed by atoms with E-state index in [9.17, 15) is 4.79 Å². The molecule has 0 saturated carbocycles. The molecule has 2 aromatic heterocycles. The van der Waals surface area contributed by atoms with E-state index in [4.69, 9.17) is 4.52 Å². The molecule has 0 radical (unpaired) electrons. The Morgan fingerprint density at radius 1 is 1.28 bits per heavy atom. The van der Waals surface area contributed by atoms with Crippen LogP contribution in [-0.2, 0) is 6.42 Å². The zero-order valence-electron chi connectivity index (χ0n) is 13.7. The Morgan fingerprint density at radius 3 is 2.96 bits per heavy atom. The third-order valence-corrected chi connectivity index (χ3v) is 4.09. The zero-order valence-corrected chi connectivity index (χ0v) is 13.7. The molecule has 126 valence electrons. The normalized spacial score (nSPS) is 14.5. The van der Waals surface area contributed by atoms with Gasteiger partial charge in [-0.05, 0) is 13.0 Å². The fourth-order valence-electron chi connectivity index (χ4n) is 2.78. The predicted octanol–water partition coefficient (Wildman–Crippen LogP) is 2.59. The van der Waals surface area contributed by atoms with Gasteiger partial charge in [0, 0.05) is 18.5 Å². The molecule has 0 saturated heterocycles. The Kier molecular flexibility index (Phi) is 3.89. The maximum Gasteiger partial charge on any atom is 0.253 e. The molecule has 0 spiro atoms. The van der Waals surface area contributed by atoms with Crippen LogP contribution >= 0.6 is 0 Å². The van der Waals surface area contributed by atoms with Crippen LogP contribution in [0.5, 0.6) is 0 Å². The number of pyridine rings is 1. The number of rotatable bonds is 4. The van der Waals surface area contributed by atoms with Gasteiger partial charge in [0.1, 0.15) is 6.04 Å². The molecule has 0 aliphatic carbocycles. The van der Waals surface area contributed by atoms with Crippen molar-refractivity contribution >= 4 is 11.6 Å². The van der Waals surface area contributed by atoms with E-state index in [1.165, 1.54) is 0 Å². The van der Waals surface area contributed by atoms with Gasteiger partial charge in [-0.25, -0.2) is 0 Å². The van der Waals surface area contributed by atoms with Gasteiger partial charge in [0.05, 0.1) is 23.1 Å². The van der Waals surface area contributed by atoms with Gasteiger partial charge in [-0.15, -0.1) is 0 Å². The number of carbonyl (C=O) groups is 1. The lowest BCUT2D eigenvalue weighted by Gasteiger charge is -2.17. The highest BCUT2D eigenvalue weighted by molar-refractivity contribution is 5.97. The lowest BCUT2D eigenvalue weighted by molar-refractivity contribution is 0.0945. The van der Waals surface area contributed by atoms with E-state index in [0.717, 1.165) is 23.4 Å². The van der Waals surface area contributed by atoms with E-state index >= 15 is 0 Å². The van der Waals surface area contributed by atoms with Gasteiger partial charge in [-0.2, -0.15) is 4.98 Å². The van der Waals surface area contributed by atoms with Crippen LogP contribution in [-0.4, -0.2) is 27.6 Å². The molecule has 3 heterocycles. The first-order valence-corrected chi connectivity index (χ1v) is 8.13. The highest BCUT2D eigenvalue weighted by atomic mass is 16.5. The number of aromatic nitrogens is 3. The van der Waals surface area contributed by atoms with Crippen LogP contribution in [0.2, 0.25) is 0 Å². The number of anilines is 1. The number of carbonyl (C=O) groups excluding carboxylic acids is 1. The second-order valence-electron chi connectivity index (χ2n) is 5.91. The molecule has 1 amide bonds. The van der Waals surface area contributed by atoms with E-state index in [0.29, 0.717) is 23.8 Å². The summed E-state index contributed by atoms with van der Waals surface area (Å²) in [6.07, 6.45) is 2.48. The lowest BCUT2D eigenvalue weighted by Crippen LogP contribution is -2.32. The summed E-state index contributed by atoms with van der Waals surface area (Å²) >= 11 is 0. The van der Waals surface area contributed by atoms with Crippen molar-refractivity contribution in [2.24, 2.45) is 0 Å². The molecule has 2 N–H and O–H groups in total. The molecule has 1 aliphatic heterocycles. The molecule has 1 aliphatic rings. The average molecular weight is 335 g/mol. The van der Waals surface area contributed by atoms with Crippen molar-refractivity contribution in [1.82, 2.24) is 20.4 Å². The first-order valence-electron chi connectivity index (χ1n) is 8.13. The first-order chi connectivity index (χ1) is 12.2. The molecule has 25 heavy (non-hydrogen) atoms. The Balaban J connectivity index is 1.53. The topological polar surface area (TPSA) is 92.9 Å². The molecule has 3 aromatic rings. The molecule has 7 heteroatoms. The Morgan fingerprint density at radius 2 is 2.12 bits per heavy atom. The summed E-state index contributed by atoms with van der Waals surface area (Å²) in [6.45, 7) is 2.55. The Labute approximate surface area is 144 Å². The maximum atomic E-state index is 11.9. The number of nitrogens with one attached hydrogen (secondary N) is 2. The average Bonchev–Trinajstić information content (AvgIpc) is 3.13. The van der Waals surface area contributed by atoms with Crippen LogP contribution in [0, 0.1) is 0 Å². The van der Waals surface area contributed by atoms with Crippen molar-refractivity contribution in [1.29, 1.82) is 0 Å². The van der Waals surface area contributed by atoms with Crippen molar-refractivity contribution in [2.75, 3.05) is 11.9 Å². The summed E-state index contributed by atoms with van der Waals surface area (Å²) in [4.78, 5) is 20.8.